The van der Waals surface area contributed by atoms with Gasteiger partial charge in [0, 0.05) is 24.8 Å². The van der Waals surface area contributed by atoms with Gasteiger partial charge in [0.25, 0.3) is 5.91 Å². The zero-order valence-electron chi connectivity index (χ0n) is 11.2. The first kappa shape index (κ1) is 14.2. The van der Waals surface area contributed by atoms with E-state index in [4.69, 9.17) is 9.26 Å². The summed E-state index contributed by atoms with van der Waals surface area (Å²) in [5.41, 5.74) is 0.577. The van der Waals surface area contributed by atoms with E-state index < -0.39 is 11.7 Å². The Kier molecular flexibility index (Phi) is 4.47. The van der Waals surface area contributed by atoms with Crippen LogP contribution in [-0.4, -0.2) is 30.8 Å². The molecule has 5 nitrogen and oxygen atoms in total. The van der Waals surface area contributed by atoms with Crippen molar-refractivity contribution >= 4 is 5.91 Å². The van der Waals surface area contributed by atoms with Crippen LogP contribution in [0.5, 0.6) is 0 Å². The number of nitrogens with zero attached hydrogens (tertiary/aromatic N) is 1. The molecule has 2 aromatic rings. The minimum Gasteiger partial charge on any atom is -0.383 e. The minimum absolute atomic E-state index is 0.0335. The highest BCUT2D eigenvalue weighted by atomic mass is 19.1. The Morgan fingerprint density at radius 3 is 2.95 bits per heavy atom. The van der Waals surface area contributed by atoms with Gasteiger partial charge in [-0.3, -0.25) is 4.79 Å². The maximum atomic E-state index is 13.6. The fraction of sp³-hybridized carbons (Fsp3) is 0.286. The summed E-state index contributed by atoms with van der Waals surface area (Å²) in [6.45, 7) is 2.19. The third kappa shape index (κ3) is 3.21. The van der Waals surface area contributed by atoms with Gasteiger partial charge in [0.05, 0.1) is 6.61 Å². The van der Waals surface area contributed by atoms with E-state index in [0.717, 1.165) is 0 Å². The summed E-state index contributed by atoms with van der Waals surface area (Å²) in [6.07, 6.45) is 0. The molecule has 0 aliphatic heterocycles. The lowest BCUT2D eigenvalue weighted by molar-refractivity contribution is 0.0869. The van der Waals surface area contributed by atoms with Gasteiger partial charge in [-0.15, -0.1) is 0 Å². The Morgan fingerprint density at radius 2 is 2.25 bits per heavy atom. The second kappa shape index (κ2) is 6.29. The minimum atomic E-state index is -0.416. The van der Waals surface area contributed by atoms with Gasteiger partial charge in [-0.05, 0) is 19.1 Å². The molecule has 106 valence electrons. The lowest BCUT2D eigenvalue weighted by Crippen LogP contribution is -2.35. The molecule has 0 spiro atoms. The van der Waals surface area contributed by atoms with Crippen molar-refractivity contribution < 1.29 is 18.4 Å². The number of hydrogen-bond acceptors (Lipinski definition) is 4. The Hall–Kier alpha value is -2.21. The first-order chi connectivity index (χ1) is 9.61. The van der Waals surface area contributed by atoms with E-state index >= 15 is 0 Å². The number of aromatic nitrogens is 1. The molecule has 0 fully saturated rings. The first-order valence-corrected chi connectivity index (χ1v) is 6.13. The molecule has 0 saturated carbocycles. The third-order valence-electron chi connectivity index (χ3n) is 2.68. The van der Waals surface area contributed by atoms with Crippen molar-refractivity contribution in [3.8, 4) is 11.3 Å². The number of carbonyl (C=O) groups excluding carboxylic acids is 1. The summed E-state index contributed by atoms with van der Waals surface area (Å²) in [5, 5.41) is 6.40. The molecular weight excluding hydrogens is 263 g/mol. The molecule has 1 N–H and O–H groups in total. The molecule has 1 atom stereocenters. The second-order valence-corrected chi connectivity index (χ2v) is 4.39. The van der Waals surface area contributed by atoms with Gasteiger partial charge < -0.3 is 14.6 Å². The Morgan fingerprint density at radius 1 is 1.50 bits per heavy atom. The fourth-order valence-corrected chi connectivity index (χ4v) is 1.76. The van der Waals surface area contributed by atoms with E-state index in [1.54, 1.807) is 32.2 Å². The van der Waals surface area contributed by atoms with Crippen LogP contribution in [0.4, 0.5) is 4.39 Å². The van der Waals surface area contributed by atoms with Crippen LogP contribution in [0.1, 0.15) is 17.5 Å². The molecule has 1 heterocycles. The Bertz CT molecular complexity index is 598. The molecule has 0 radical (unpaired) electrons. The van der Waals surface area contributed by atoms with Crippen LogP contribution in [0.15, 0.2) is 34.9 Å². The van der Waals surface area contributed by atoms with Gasteiger partial charge in [-0.2, -0.15) is 0 Å². The van der Waals surface area contributed by atoms with E-state index in [1.165, 1.54) is 12.1 Å². The van der Waals surface area contributed by atoms with E-state index in [9.17, 15) is 9.18 Å². The average Bonchev–Trinajstić information content (AvgIpc) is 2.89. The highest BCUT2D eigenvalue weighted by Gasteiger charge is 2.17. The topological polar surface area (TPSA) is 64.4 Å². The number of methoxy groups -OCH3 is 1. The average molecular weight is 278 g/mol. The summed E-state index contributed by atoms with van der Waals surface area (Å²) >= 11 is 0. The van der Waals surface area contributed by atoms with Gasteiger partial charge in [-0.1, -0.05) is 17.3 Å². The van der Waals surface area contributed by atoms with Crippen molar-refractivity contribution in [2.24, 2.45) is 0 Å². The smallest absolute Gasteiger partial charge is 0.290 e. The van der Waals surface area contributed by atoms with Crippen LogP contribution in [0.25, 0.3) is 11.3 Å². The predicted molar refractivity (Wildman–Crippen MR) is 70.7 cm³/mol. The molecule has 1 aromatic carbocycles. The number of benzene rings is 1. The third-order valence-corrected chi connectivity index (χ3v) is 2.68. The lowest BCUT2D eigenvalue weighted by Gasteiger charge is -2.10. The monoisotopic (exact) mass is 278 g/mol. The van der Waals surface area contributed by atoms with Crippen molar-refractivity contribution in [2.45, 2.75) is 13.0 Å². The van der Waals surface area contributed by atoms with Crippen molar-refractivity contribution in [3.63, 3.8) is 0 Å². The predicted octanol–water partition coefficient (Wildman–Crippen LogP) is 2.25. The van der Waals surface area contributed by atoms with Crippen LogP contribution in [0.2, 0.25) is 0 Å². The summed E-state index contributed by atoms with van der Waals surface area (Å²) in [4.78, 5) is 11.9. The molecular formula is C14H15FN2O3. The SMILES string of the molecule is COC[C@H](C)NC(=O)c1cc(-c2ccccc2F)no1. The largest absolute Gasteiger partial charge is 0.383 e. The molecule has 0 aliphatic carbocycles. The number of amides is 1. The van der Waals surface area contributed by atoms with Crippen molar-refractivity contribution in [3.05, 3.63) is 41.9 Å². The standard InChI is InChI=1S/C14H15FN2O3/c1-9(8-19-2)16-14(18)13-7-12(17-20-13)10-5-3-4-6-11(10)15/h3-7,9H,8H2,1-2H3,(H,16,18)/t9-/m0/s1. The van der Waals surface area contributed by atoms with E-state index in [0.29, 0.717) is 12.2 Å². The van der Waals surface area contributed by atoms with E-state index in [-0.39, 0.29) is 17.5 Å². The first-order valence-electron chi connectivity index (χ1n) is 6.13. The van der Waals surface area contributed by atoms with Gasteiger partial charge >= 0.3 is 0 Å². The molecule has 20 heavy (non-hydrogen) atoms. The van der Waals surface area contributed by atoms with Gasteiger partial charge in [0.2, 0.25) is 5.76 Å². The number of nitrogens with one attached hydrogen (secondary N) is 1. The molecule has 0 aliphatic rings. The molecule has 1 aromatic heterocycles. The van der Waals surface area contributed by atoms with Crippen molar-refractivity contribution in [1.82, 2.24) is 10.5 Å². The summed E-state index contributed by atoms with van der Waals surface area (Å²) in [7, 11) is 1.55. The van der Waals surface area contributed by atoms with Crippen LogP contribution < -0.4 is 5.32 Å². The van der Waals surface area contributed by atoms with Gasteiger partial charge in [0.1, 0.15) is 11.5 Å². The van der Waals surface area contributed by atoms with Crippen LogP contribution in [0, 0.1) is 5.82 Å². The van der Waals surface area contributed by atoms with Crippen LogP contribution in [0.3, 0.4) is 0 Å². The Labute approximate surface area is 115 Å². The number of rotatable bonds is 5. The zero-order chi connectivity index (χ0) is 14.5. The highest BCUT2D eigenvalue weighted by Crippen LogP contribution is 2.22. The fourth-order valence-electron chi connectivity index (χ4n) is 1.76. The maximum absolute atomic E-state index is 13.6. The molecule has 2 rings (SSSR count). The quantitative estimate of drug-likeness (QED) is 0.911. The highest BCUT2D eigenvalue weighted by molar-refractivity contribution is 5.92. The zero-order valence-corrected chi connectivity index (χ0v) is 11.2. The molecule has 6 heteroatoms. The number of halogens is 1. The maximum Gasteiger partial charge on any atom is 0.290 e. The van der Waals surface area contributed by atoms with Crippen molar-refractivity contribution in [2.75, 3.05) is 13.7 Å². The second-order valence-electron chi connectivity index (χ2n) is 4.39. The molecule has 0 unspecified atom stereocenters. The molecule has 0 bridgehead atoms. The number of carbonyl (C=O) groups is 1. The van der Waals surface area contributed by atoms with Gasteiger partial charge in [-0.25, -0.2) is 4.39 Å². The van der Waals surface area contributed by atoms with Crippen molar-refractivity contribution in [1.29, 1.82) is 0 Å². The van der Waals surface area contributed by atoms with E-state index in [2.05, 4.69) is 10.5 Å². The van der Waals surface area contributed by atoms with Gasteiger partial charge in [0.15, 0.2) is 0 Å². The van der Waals surface area contributed by atoms with Crippen LogP contribution >= 0.6 is 0 Å². The number of ether oxygens (including phenoxy) is 1. The van der Waals surface area contributed by atoms with E-state index in [1.807, 2.05) is 0 Å². The lowest BCUT2D eigenvalue weighted by atomic mass is 10.1. The summed E-state index contributed by atoms with van der Waals surface area (Å²) < 4.78 is 23.5. The normalized spacial score (nSPS) is 12.2. The summed E-state index contributed by atoms with van der Waals surface area (Å²) in [5.74, 6) is -0.795. The Balaban J connectivity index is 2.13. The summed E-state index contributed by atoms with van der Waals surface area (Å²) in [6, 6.07) is 7.42. The molecule has 1 amide bonds. The molecule has 0 saturated heterocycles. The number of hydrogen-bond donors (Lipinski definition) is 1. The van der Waals surface area contributed by atoms with Crippen LogP contribution in [-0.2, 0) is 4.74 Å².